The third-order valence-electron chi connectivity index (χ3n) is 3.87. The molecule has 108 valence electrons. The molecule has 1 aromatic carbocycles. The van der Waals surface area contributed by atoms with Gasteiger partial charge in [-0.15, -0.1) is 0 Å². The summed E-state index contributed by atoms with van der Waals surface area (Å²) in [5.41, 5.74) is 3.72. The van der Waals surface area contributed by atoms with Gasteiger partial charge in [0.05, 0.1) is 5.69 Å². The van der Waals surface area contributed by atoms with Crippen LogP contribution in [-0.2, 0) is 6.54 Å². The Balaban J connectivity index is 1.91. The summed E-state index contributed by atoms with van der Waals surface area (Å²) in [5, 5.41) is 8.14. The fourth-order valence-corrected chi connectivity index (χ4v) is 2.13. The van der Waals surface area contributed by atoms with Crippen molar-refractivity contribution in [1.82, 2.24) is 15.1 Å². The molecule has 0 aliphatic rings. The van der Waals surface area contributed by atoms with Crippen molar-refractivity contribution in [2.75, 3.05) is 0 Å². The molecule has 1 N–H and O–H groups in total. The highest BCUT2D eigenvalue weighted by Gasteiger charge is 2.07. The van der Waals surface area contributed by atoms with Crippen LogP contribution in [0.5, 0.6) is 0 Å². The number of hydrogen-bond acceptors (Lipinski definition) is 2. The van der Waals surface area contributed by atoms with Crippen molar-refractivity contribution in [3.63, 3.8) is 0 Å². The number of hydrogen-bond donors (Lipinski definition) is 1. The lowest BCUT2D eigenvalue weighted by Crippen LogP contribution is -2.18. The van der Waals surface area contributed by atoms with E-state index in [1.807, 2.05) is 4.68 Å². The topological polar surface area (TPSA) is 29.9 Å². The Hall–Kier alpha value is -1.61. The molecule has 2 rings (SSSR count). The molecule has 0 radical (unpaired) electrons. The second-order valence-corrected chi connectivity index (χ2v) is 5.56. The van der Waals surface area contributed by atoms with Crippen molar-refractivity contribution in [2.45, 2.75) is 52.7 Å². The van der Waals surface area contributed by atoms with Gasteiger partial charge in [-0.3, -0.25) is 4.68 Å². The van der Waals surface area contributed by atoms with Crippen molar-refractivity contribution >= 4 is 0 Å². The SMILES string of the molecule is CCC(C)n1ccc(CN[C@H](C)c2ccc(C)cc2)n1. The quantitative estimate of drug-likeness (QED) is 0.860. The van der Waals surface area contributed by atoms with Gasteiger partial charge in [0.1, 0.15) is 0 Å². The van der Waals surface area contributed by atoms with Crippen LogP contribution in [0.3, 0.4) is 0 Å². The Kier molecular flexibility index (Phi) is 4.96. The van der Waals surface area contributed by atoms with E-state index in [9.17, 15) is 0 Å². The first-order valence-corrected chi connectivity index (χ1v) is 7.44. The van der Waals surface area contributed by atoms with Crippen molar-refractivity contribution in [2.24, 2.45) is 0 Å². The van der Waals surface area contributed by atoms with Gasteiger partial charge in [-0.2, -0.15) is 5.10 Å². The van der Waals surface area contributed by atoms with Crippen molar-refractivity contribution in [3.05, 3.63) is 53.3 Å². The highest BCUT2D eigenvalue weighted by atomic mass is 15.3. The molecule has 2 aromatic rings. The minimum atomic E-state index is 0.337. The van der Waals surface area contributed by atoms with Gasteiger partial charge in [-0.1, -0.05) is 36.8 Å². The van der Waals surface area contributed by atoms with Crippen LogP contribution in [0, 0.1) is 6.92 Å². The summed E-state index contributed by atoms with van der Waals surface area (Å²) in [7, 11) is 0. The number of aromatic nitrogens is 2. The van der Waals surface area contributed by atoms with Gasteiger partial charge in [0.25, 0.3) is 0 Å². The van der Waals surface area contributed by atoms with E-state index < -0.39 is 0 Å². The molecule has 0 aliphatic heterocycles. The predicted octanol–water partition coefficient (Wildman–Crippen LogP) is 4.01. The van der Waals surface area contributed by atoms with Crippen molar-refractivity contribution in [3.8, 4) is 0 Å². The monoisotopic (exact) mass is 271 g/mol. The second kappa shape index (κ2) is 6.71. The first-order chi connectivity index (χ1) is 9.60. The van der Waals surface area contributed by atoms with E-state index in [1.165, 1.54) is 11.1 Å². The average molecular weight is 271 g/mol. The molecular formula is C17H25N3. The van der Waals surface area contributed by atoms with Crippen molar-refractivity contribution < 1.29 is 0 Å². The Labute approximate surface area is 122 Å². The van der Waals surface area contributed by atoms with Gasteiger partial charge in [0, 0.05) is 24.8 Å². The molecule has 0 bridgehead atoms. The molecule has 0 aliphatic carbocycles. The summed E-state index contributed by atoms with van der Waals surface area (Å²) < 4.78 is 2.05. The number of benzene rings is 1. The molecule has 1 heterocycles. The average Bonchev–Trinajstić information content (AvgIpc) is 2.93. The molecule has 20 heavy (non-hydrogen) atoms. The predicted molar refractivity (Wildman–Crippen MR) is 83.7 cm³/mol. The minimum absolute atomic E-state index is 0.337. The van der Waals surface area contributed by atoms with Gasteiger partial charge in [0.15, 0.2) is 0 Å². The summed E-state index contributed by atoms with van der Waals surface area (Å²) in [4.78, 5) is 0. The summed E-state index contributed by atoms with van der Waals surface area (Å²) >= 11 is 0. The second-order valence-electron chi connectivity index (χ2n) is 5.56. The molecule has 3 heteroatoms. The highest BCUT2D eigenvalue weighted by molar-refractivity contribution is 5.23. The lowest BCUT2D eigenvalue weighted by Gasteiger charge is -2.14. The summed E-state index contributed by atoms with van der Waals surface area (Å²) in [6, 6.07) is 11.6. The maximum Gasteiger partial charge on any atom is 0.0762 e. The molecule has 3 nitrogen and oxygen atoms in total. The van der Waals surface area contributed by atoms with Gasteiger partial charge in [-0.25, -0.2) is 0 Å². The van der Waals surface area contributed by atoms with E-state index in [2.05, 4.69) is 74.6 Å². The molecule has 0 saturated carbocycles. The zero-order valence-electron chi connectivity index (χ0n) is 12.9. The minimum Gasteiger partial charge on any atom is -0.304 e. The van der Waals surface area contributed by atoms with E-state index in [0.29, 0.717) is 12.1 Å². The van der Waals surface area contributed by atoms with Gasteiger partial charge in [0.2, 0.25) is 0 Å². The van der Waals surface area contributed by atoms with Crippen LogP contribution in [0.1, 0.15) is 56.1 Å². The zero-order chi connectivity index (χ0) is 14.5. The largest absolute Gasteiger partial charge is 0.304 e. The van der Waals surface area contributed by atoms with Crippen LogP contribution >= 0.6 is 0 Å². The molecule has 0 saturated heterocycles. The molecule has 0 amide bonds. The first-order valence-electron chi connectivity index (χ1n) is 7.44. The number of aryl methyl sites for hydroxylation is 1. The Bertz CT molecular complexity index is 527. The van der Waals surface area contributed by atoms with Crippen LogP contribution in [0.25, 0.3) is 0 Å². The lowest BCUT2D eigenvalue weighted by molar-refractivity contribution is 0.468. The first kappa shape index (κ1) is 14.8. The molecule has 1 unspecified atom stereocenters. The maximum atomic E-state index is 4.61. The fraction of sp³-hybridized carbons (Fsp3) is 0.471. The number of nitrogens with zero attached hydrogens (tertiary/aromatic N) is 2. The van der Waals surface area contributed by atoms with Crippen LogP contribution in [0.4, 0.5) is 0 Å². The maximum absolute atomic E-state index is 4.61. The summed E-state index contributed by atoms with van der Waals surface area (Å²) in [5.74, 6) is 0. The smallest absolute Gasteiger partial charge is 0.0762 e. The standard InChI is InChI=1S/C17H25N3/c1-5-14(3)20-11-10-17(19-20)12-18-15(4)16-8-6-13(2)7-9-16/h6-11,14-15,18H,5,12H2,1-4H3/t14?,15-/m1/s1. The number of nitrogens with one attached hydrogen (secondary N) is 1. The van der Waals surface area contributed by atoms with Gasteiger partial charge < -0.3 is 5.32 Å². The van der Waals surface area contributed by atoms with E-state index >= 15 is 0 Å². The van der Waals surface area contributed by atoms with Crippen LogP contribution in [-0.4, -0.2) is 9.78 Å². The molecule has 2 atom stereocenters. The Morgan fingerprint density at radius 1 is 1.15 bits per heavy atom. The third-order valence-corrected chi connectivity index (χ3v) is 3.87. The van der Waals surface area contributed by atoms with Gasteiger partial charge >= 0.3 is 0 Å². The van der Waals surface area contributed by atoms with Crippen molar-refractivity contribution in [1.29, 1.82) is 0 Å². The number of rotatable bonds is 6. The Morgan fingerprint density at radius 2 is 1.85 bits per heavy atom. The molecule has 1 aromatic heterocycles. The molecule has 0 spiro atoms. The van der Waals surface area contributed by atoms with Crippen LogP contribution < -0.4 is 5.32 Å². The van der Waals surface area contributed by atoms with E-state index in [0.717, 1.165) is 18.7 Å². The van der Waals surface area contributed by atoms with E-state index in [1.54, 1.807) is 0 Å². The molecular weight excluding hydrogens is 246 g/mol. The highest BCUT2D eigenvalue weighted by Crippen LogP contribution is 2.14. The van der Waals surface area contributed by atoms with Gasteiger partial charge in [-0.05, 0) is 38.8 Å². The molecule has 0 fully saturated rings. The summed E-state index contributed by atoms with van der Waals surface area (Å²) in [6.45, 7) is 9.49. The zero-order valence-corrected chi connectivity index (χ0v) is 12.9. The lowest BCUT2D eigenvalue weighted by atomic mass is 10.1. The van der Waals surface area contributed by atoms with Crippen LogP contribution in [0.15, 0.2) is 36.5 Å². The fourth-order valence-electron chi connectivity index (χ4n) is 2.13. The van der Waals surface area contributed by atoms with E-state index in [4.69, 9.17) is 0 Å². The van der Waals surface area contributed by atoms with Crippen LogP contribution in [0.2, 0.25) is 0 Å². The third kappa shape index (κ3) is 3.70. The summed E-state index contributed by atoms with van der Waals surface area (Å²) in [6.07, 6.45) is 3.18. The normalized spacial score (nSPS) is 14.2. The Morgan fingerprint density at radius 3 is 2.50 bits per heavy atom. The van der Waals surface area contributed by atoms with E-state index in [-0.39, 0.29) is 0 Å².